The van der Waals surface area contributed by atoms with Crippen molar-refractivity contribution in [3.63, 3.8) is 0 Å². The fourth-order valence-corrected chi connectivity index (χ4v) is 1.47. The Morgan fingerprint density at radius 2 is 2.19 bits per heavy atom. The third kappa shape index (κ3) is 2.28. The van der Waals surface area contributed by atoms with Crippen molar-refractivity contribution in [3.05, 3.63) is 58.1 Å². The predicted octanol–water partition coefficient (Wildman–Crippen LogP) is 1.69. The minimum atomic E-state index is -0.198. The summed E-state index contributed by atoms with van der Waals surface area (Å²) in [6.45, 7) is 2.65. The highest BCUT2D eigenvalue weighted by Crippen LogP contribution is 2.07. The zero-order valence-corrected chi connectivity index (χ0v) is 9.03. The Labute approximate surface area is 93.4 Å². The Bertz CT molecular complexity index is 534. The molecule has 4 nitrogen and oxygen atoms in total. The van der Waals surface area contributed by atoms with E-state index >= 15 is 0 Å². The lowest BCUT2D eigenvalue weighted by Crippen LogP contribution is -2.15. The zero-order valence-electron chi connectivity index (χ0n) is 9.03. The van der Waals surface area contributed by atoms with Crippen LogP contribution in [0.2, 0.25) is 0 Å². The van der Waals surface area contributed by atoms with Gasteiger partial charge in [0.2, 0.25) is 0 Å². The third-order valence-electron chi connectivity index (χ3n) is 2.42. The van der Waals surface area contributed by atoms with Crippen molar-refractivity contribution in [2.75, 3.05) is 5.32 Å². The standard InChI is InChI=1S/C12H13N3O/c1-9-4-2-3-5-10(9)8-15-11-12(16)14-7-6-13-11/h2-7H,8H2,1H3,(H,13,15)(H,14,16). The van der Waals surface area contributed by atoms with Crippen molar-refractivity contribution in [1.29, 1.82) is 0 Å². The van der Waals surface area contributed by atoms with Crippen molar-refractivity contribution in [2.24, 2.45) is 0 Å². The number of aromatic nitrogens is 2. The summed E-state index contributed by atoms with van der Waals surface area (Å²) in [4.78, 5) is 17.9. The van der Waals surface area contributed by atoms with Crippen molar-refractivity contribution in [2.45, 2.75) is 13.5 Å². The number of hydrogen-bond acceptors (Lipinski definition) is 3. The molecular weight excluding hydrogens is 202 g/mol. The maximum Gasteiger partial charge on any atom is 0.290 e. The molecule has 0 bridgehead atoms. The molecule has 0 aliphatic carbocycles. The van der Waals surface area contributed by atoms with Crippen LogP contribution >= 0.6 is 0 Å². The Kier molecular flexibility index (Phi) is 3.00. The van der Waals surface area contributed by atoms with Crippen molar-refractivity contribution >= 4 is 5.82 Å². The first-order valence-corrected chi connectivity index (χ1v) is 5.09. The lowest BCUT2D eigenvalue weighted by atomic mass is 10.1. The molecule has 0 saturated carbocycles. The summed E-state index contributed by atoms with van der Waals surface area (Å²) in [5, 5.41) is 3.02. The van der Waals surface area contributed by atoms with Crippen LogP contribution in [0.3, 0.4) is 0 Å². The fraction of sp³-hybridized carbons (Fsp3) is 0.167. The number of hydrogen-bond donors (Lipinski definition) is 2. The minimum Gasteiger partial charge on any atom is -0.361 e. The lowest BCUT2D eigenvalue weighted by molar-refractivity contribution is 1.05. The molecule has 1 heterocycles. The summed E-state index contributed by atoms with van der Waals surface area (Å²) in [6.07, 6.45) is 3.07. The molecule has 1 aromatic carbocycles. The minimum absolute atomic E-state index is 0.198. The van der Waals surface area contributed by atoms with Crippen molar-refractivity contribution in [1.82, 2.24) is 9.97 Å². The van der Waals surface area contributed by atoms with E-state index in [2.05, 4.69) is 15.3 Å². The second kappa shape index (κ2) is 4.61. The van der Waals surface area contributed by atoms with E-state index < -0.39 is 0 Å². The van der Waals surface area contributed by atoms with Crippen LogP contribution in [0.4, 0.5) is 5.82 Å². The second-order valence-electron chi connectivity index (χ2n) is 3.55. The first-order chi connectivity index (χ1) is 7.77. The second-order valence-corrected chi connectivity index (χ2v) is 3.55. The summed E-state index contributed by atoms with van der Waals surface area (Å²) in [7, 11) is 0. The molecule has 82 valence electrons. The Morgan fingerprint density at radius 1 is 1.38 bits per heavy atom. The predicted molar refractivity (Wildman–Crippen MR) is 63.4 cm³/mol. The number of rotatable bonds is 3. The molecule has 0 atom stereocenters. The highest BCUT2D eigenvalue weighted by atomic mass is 16.1. The molecule has 16 heavy (non-hydrogen) atoms. The van der Waals surface area contributed by atoms with Gasteiger partial charge in [0, 0.05) is 18.9 Å². The van der Waals surface area contributed by atoms with Gasteiger partial charge in [-0.25, -0.2) is 4.98 Å². The van der Waals surface area contributed by atoms with Gasteiger partial charge in [0.15, 0.2) is 5.82 Å². The van der Waals surface area contributed by atoms with Crippen LogP contribution < -0.4 is 10.9 Å². The number of H-pyrrole nitrogens is 1. The summed E-state index contributed by atoms with van der Waals surface area (Å²) < 4.78 is 0. The van der Waals surface area contributed by atoms with Crippen LogP contribution in [0.5, 0.6) is 0 Å². The molecule has 2 N–H and O–H groups in total. The molecule has 0 aliphatic rings. The highest BCUT2D eigenvalue weighted by Gasteiger charge is 2.00. The number of nitrogens with one attached hydrogen (secondary N) is 2. The fourth-order valence-electron chi connectivity index (χ4n) is 1.47. The van der Waals surface area contributed by atoms with E-state index in [1.165, 1.54) is 11.8 Å². The average molecular weight is 215 g/mol. The van der Waals surface area contributed by atoms with Gasteiger partial charge >= 0.3 is 0 Å². The van der Waals surface area contributed by atoms with E-state index in [-0.39, 0.29) is 5.56 Å². The topological polar surface area (TPSA) is 57.8 Å². The number of anilines is 1. The van der Waals surface area contributed by atoms with Gasteiger partial charge < -0.3 is 10.3 Å². The summed E-state index contributed by atoms with van der Waals surface area (Å²) >= 11 is 0. The number of aryl methyl sites for hydroxylation is 1. The maximum absolute atomic E-state index is 11.3. The molecule has 2 rings (SSSR count). The average Bonchev–Trinajstić information content (AvgIpc) is 2.30. The molecule has 0 aliphatic heterocycles. The third-order valence-corrected chi connectivity index (χ3v) is 2.42. The molecule has 0 fully saturated rings. The largest absolute Gasteiger partial charge is 0.361 e. The van der Waals surface area contributed by atoms with Gasteiger partial charge in [-0.15, -0.1) is 0 Å². The first kappa shape index (κ1) is 10.4. The molecule has 0 unspecified atom stereocenters. The molecule has 2 aromatic rings. The van der Waals surface area contributed by atoms with E-state index in [1.807, 2.05) is 31.2 Å². The first-order valence-electron chi connectivity index (χ1n) is 5.09. The van der Waals surface area contributed by atoms with E-state index in [9.17, 15) is 4.79 Å². The van der Waals surface area contributed by atoms with E-state index in [1.54, 1.807) is 6.20 Å². The number of aromatic amines is 1. The molecular formula is C12H13N3O. The van der Waals surface area contributed by atoms with Gasteiger partial charge in [0.25, 0.3) is 5.56 Å². The quantitative estimate of drug-likeness (QED) is 0.819. The van der Waals surface area contributed by atoms with Crippen LogP contribution in [-0.2, 0) is 6.54 Å². The smallest absolute Gasteiger partial charge is 0.290 e. The monoisotopic (exact) mass is 215 g/mol. The molecule has 4 heteroatoms. The summed E-state index contributed by atoms with van der Waals surface area (Å²) in [6, 6.07) is 8.04. The molecule has 0 amide bonds. The Balaban J connectivity index is 2.12. The van der Waals surface area contributed by atoms with Gasteiger partial charge in [-0.2, -0.15) is 0 Å². The Hall–Kier alpha value is -2.10. The van der Waals surface area contributed by atoms with Crippen LogP contribution in [-0.4, -0.2) is 9.97 Å². The normalized spacial score (nSPS) is 10.1. The van der Waals surface area contributed by atoms with Gasteiger partial charge in [0.05, 0.1) is 0 Å². The van der Waals surface area contributed by atoms with E-state index in [0.717, 1.165) is 5.56 Å². The zero-order chi connectivity index (χ0) is 11.4. The lowest BCUT2D eigenvalue weighted by Gasteiger charge is -2.06. The maximum atomic E-state index is 11.3. The molecule has 0 saturated heterocycles. The summed E-state index contributed by atoms with van der Waals surface area (Å²) in [5.74, 6) is 0.353. The van der Waals surface area contributed by atoms with Gasteiger partial charge in [-0.1, -0.05) is 24.3 Å². The van der Waals surface area contributed by atoms with Gasteiger partial charge in [-0.05, 0) is 18.1 Å². The number of benzene rings is 1. The van der Waals surface area contributed by atoms with Crippen LogP contribution in [0.15, 0.2) is 41.5 Å². The van der Waals surface area contributed by atoms with E-state index in [4.69, 9.17) is 0 Å². The number of nitrogens with zero attached hydrogens (tertiary/aromatic N) is 1. The molecule has 0 spiro atoms. The van der Waals surface area contributed by atoms with Gasteiger partial charge in [0.1, 0.15) is 0 Å². The van der Waals surface area contributed by atoms with Crippen molar-refractivity contribution in [3.8, 4) is 0 Å². The van der Waals surface area contributed by atoms with Crippen LogP contribution in [0.1, 0.15) is 11.1 Å². The van der Waals surface area contributed by atoms with Crippen molar-refractivity contribution < 1.29 is 0 Å². The van der Waals surface area contributed by atoms with Gasteiger partial charge in [-0.3, -0.25) is 4.79 Å². The SMILES string of the molecule is Cc1ccccc1CNc1ncc[nH]c1=O. The van der Waals surface area contributed by atoms with E-state index in [0.29, 0.717) is 12.4 Å². The summed E-state index contributed by atoms with van der Waals surface area (Å²) in [5.41, 5.74) is 2.16. The Morgan fingerprint density at radius 3 is 2.94 bits per heavy atom. The highest BCUT2D eigenvalue weighted by molar-refractivity contribution is 5.34. The molecule has 0 radical (unpaired) electrons. The van der Waals surface area contributed by atoms with Crippen LogP contribution in [0, 0.1) is 6.92 Å². The van der Waals surface area contributed by atoms with Crippen LogP contribution in [0.25, 0.3) is 0 Å². The molecule has 1 aromatic heterocycles.